The molecule has 0 spiro atoms. The molecule has 0 fully saturated rings. The molecule has 0 aliphatic carbocycles. The highest BCUT2D eigenvalue weighted by Crippen LogP contribution is 2.23. The van der Waals surface area contributed by atoms with Crippen LogP contribution in [0.1, 0.15) is 5.69 Å². The van der Waals surface area contributed by atoms with Crippen molar-refractivity contribution in [2.75, 3.05) is 7.11 Å². The van der Waals surface area contributed by atoms with Gasteiger partial charge in [0.15, 0.2) is 5.82 Å². The summed E-state index contributed by atoms with van der Waals surface area (Å²) in [5.74, 6) is 0.588. The van der Waals surface area contributed by atoms with Crippen LogP contribution >= 0.6 is 34.2 Å². The van der Waals surface area contributed by atoms with Crippen LogP contribution in [0.2, 0.25) is 5.15 Å². The van der Waals surface area contributed by atoms with Crippen LogP contribution in [0.5, 0.6) is 0 Å². The lowest BCUT2D eigenvalue weighted by molar-refractivity contribution is 0.181. The number of methoxy groups -OCH3 is 1. The van der Waals surface area contributed by atoms with E-state index in [1.165, 1.54) is 0 Å². The van der Waals surface area contributed by atoms with E-state index in [0.717, 1.165) is 14.8 Å². The van der Waals surface area contributed by atoms with Crippen LogP contribution in [-0.2, 0) is 11.3 Å². The number of ether oxygens (including phenoxy) is 1. The largest absolute Gasteiger partial charge is 0.378 e. The summed E-state index contributed by atoms with van der Waals surface area (Å²) in [7, 11) is 1.62. The Morgan fingerprint density at radius 1 is 1.29 bits per heavy atom. The topological polar surface area (TPSA) is 47.9 Å². The Bertz CT molecular complexity index is 522. The standard InChI is InChI=1S/C11H9ClIN3O/c1-17-6-8-9(13)10(12)16-11(15-8)7-2-4-14-5-3-7/h2-5H,6H2,1H3. The fourth-order valence-electron chi connectivity index (χ4n) is 1.33. The normalized spacial score (nSPS) is 10.5. The Balaban J connectivity index is 2.49. The van der Waals surface area contributed by atoms with Gasteiger partial charge in [0.05, 0.1) is 15.9 Å². The highest BCUT2D eigenvalue weighted by atomic mass is 127. The van der Waals surface area contributed by atoms with Crippen molar-refractivity contribution >= 4 is 34.2 Å². The fraction of sp³-hybridized carbons (Fsp3) is 0.182. The molecular weight excluding hydrogens is 352 g/mol. The van der Waals surface area contributed by atoms with Gasteiger partial charge in [0, 0.05) is 25.1 Å². The molecule has 0 unspecified atom stereocenters. The minimum absolute atomic E-state index is 0.415. The van der Waals surface area contributed by atoms with E-state index in [1.807, 2.05) is 12.1 Å². The average molecular weight is 362 g/mol. The molecule has 2 rings (SSSR count). The van der Waals surface area contributed by atoms with E-state index in [-0.39, 0.29) is 0 Å². The molecule has 0 N–H and O–H groups in total. The third-order valence-corrected chi connectivity index (χ3v) is 3.82. The monoisotopic (exact) mass is 361 g/mol. The molecule has 0 bridgehead atoms. The zero-order chi connectivity index (χ0) is 12.3. The van der Waals surface area contributed by atoms with Crippen LogP contribution in [0.25, 0.3) is 11.4 Å². The SMILES string of the molecule is COCc1nc(-c2ccncc2)nc(Cl)c1I. The molecule has 2 aromatic heterocycles. The van der Waals surface area contributed by atoms with Crippen molar-refractivity contribution in [2.24, 2.45) is 0 Å². The minimum atomic E-state index is 0.415. The molecule has 88 valence electrons. The summed E-state index contributed by atoms with van der Waals surface area (Å²) in [5, 5.41) is 0.444. The van der Waals surface area contributed by atoms with Crippen molar-refractivity contribution < 1.29 is 4.74 Å². The van der Waals surface area contributed by atoms with E-state index in [0.29, 0.717) is 17.6 Å². The van der Waals surface area contributed by atoms with Gasteiger partial charge >= 0.3 is 0 Å². The number of halogens is 2. The molecule has 0 atom stereocenters. The van der Waals surface area contributed by atoms with Gasteiger partial charge in [0.2, 0.25) is 0 Å². The Morgan fingerprint density at radius 2 is 2.00 bits per heavy atom. The lowest BCUT2D eigenvalue weighted by Crippen LogP contribution is -2.02. The number of hydrogen-bond acceptors (Lipinski definition) is 4. The minimum Gasteiger partial charge on any atom is -0.378 e. The van der Waals surface area contributed by atoms with Crippen LogP contribution in [0, 0.1) is 3.57 Å². The van der Waals surface area contributed by atoms with Crippen molar-refractivity contribution in [1.29, 1.82) is 0 Å². The van der Waals surface area contributed by atoms with Gasteiger partial charge in [-0.15, -0.1) is 0 Å². The number of aromatic nitrogens is 3. The van der Waals surface area contributed by atoms with Crippen LogP contribution in [0.3, 0.4) is 0 Å². The molecule has 0 saturated heterocycles. The van der Waals surface area contributed by atoms with E-state index in [2.05, 4.69) is 37.5 Å². The Labute approximate surface area is 118 Å². The van der Waals surface area contributed by atoms with Gasteiger partial charge in [-0.3, -0.25) is 4.98 Å². The Hall–Kier alpha value is -0.790. The first-order chi connectivity index (χ1) is 8.22. The third kappa shape index (κ3) is 2.91. The first-order valence-electron chi connectivity index (χ1n) is 4.83. The van der Waals surface area contributed by atoms with Gasteiger partial charge < -0.3 is 4.74 Å². The molecule has 0 aliphatic heterocycles. The maximum absolute atomic E-state index is 6.07. The first-order valence-corrected chi connectivity index (χ1v) is 6.29. The smallest absolute Gasteiger partial charge is 0.161 e. The molecule has 0 radical (unpaired) electrons. The van der Waals surface area contributed by atoms with Crippen molar-refractivity contribution in [3.05, 3.63) is 38.9 Å². The van der Waals surface area contributed by atoms with Crippen LogP contribution in [0.15, 0.2) is 24.5 Å². The van der Waals surface area contributed by atoms with E-state index in [1.54, 1.807) is 19.5 Å². The molecule has 17 heavy (non-hydrogen) atoms. The van der Waals surface area contributed by atoms with Crippen LogP contribution in [-0.4, -0.2) is 22.1 Å². The summed E-state index contributed by atoms with van der Waals surface area (Å²) in [6.45, 7) is 0.415. The quantitative estimate of drug-likeness (QED) is 0.623. The number of pyridine rings is 1. The lowest BCUT2D eigenvalue weighted by atomic mass is 10.2. The lowest BCUT2D eigenvalue weighted by Gasteiger charge is -2.07. The zero-order valence-electron chi connectivity index (χ0n) is 9.02. The highest BCUT2D eigenvalue weighted by molar-refractivity contribution is 14.1. The Morgan fingerprint density at radius 3 is 2.65 bits per heavy atom. The van der Waals surface area contributed by atoms with Crippen molar-refractivity contribution in [3.63, 3.8) is 0 Å². The van der Waals surface area contributed by atoms with Gasteiger partial charge in [-0.2, -0.15) is 0 Å². The second-order valence-corrected chi connectivity index (χ2v) is 4.70. The van der Waals surface area contributed by atoms with Gasteiger partial charge in [-0.05, 0) is 34.7 Å². The number of nitrogens with zero attached hydrogens (tertiary/aromatic N) is 3. The first kappa shape index (κ1) is 12.7. The van der Waals surface area contributed by atoms with Crippen molar-refractivity contribution in [1.82, 2.24) is 15.0 Å². The van der Waals surface area contributed by atoms with E-state index in [4.69, 9.17) is 16.3 Å². The van der Waals surface area contributed by atoms with Gasteiger partial charge in [0.1, 0.15) is 5.15 Å². The average Bonchev–Trinajstić information content (AvgIpc) is 2.36. The number of rotatable bonds is 3. The van der Waals surface area contributed by atoms with Crippen LogP contribution in [0.4, 0.5) is 0 Å². The van der Waals surface area contributed by atoms with Crippen molar-refractivity contribution in [3.8, 4) is 11.4 Å². The van der Waals surface area contributed by atoms with E-state index in [9.17, 15) is 0 Å². The predicted molar refractivity (Wildman–Crippen MR) is 73.7 cm³/mol. The molecule has 0 saturated carbocycles. The molecule has 6 heteroatoms. The summed E-state index contributed by atoms with van der Waals surface area (Å²) in [6, 6.07) is 3.68. The maximum atomic E-state index is 6.07. The maximum Gasteiger partial charge on any atom is 0.161 e. The Kier molecular flexibility index (Phi) is 4.25. The van der Waals surface area contributed by atoms with Gasteiger partial charge in [0.25, 0.3) is 0 Å². The third-order valence-electron chi connectivity index (χ3n) is 2.10. The van der Waals surface area contributed by atoms with Crippen LogP contribution < -0.4 is 0 Å². The highest BCUT2D eigenvalue weighted by Gasteiger charge is 2.11. The summed E-state index contributed by atoms with van der Waals surface area (Å²) in [4.78, 5) is 12.6. The molecular formula is C11H9ClIN3O. The molecule has 0 amide bonds. The summed E-state index contributed by atoms with van der Waals surface area (Å²) >= 11 is 8.19. The molecule has 2 aromatic rings. The summed E-state index contributed by atoms with van der Waals surface area (Å²) in [5.41, 5.74) is 1.68. The molecule has 0 aromatic carbocycles. The van der Waals surface area contributed by atoms with Crippen molar-refractivity contribution in [2.45, 2.75) is 6.61 Å². The number of hydrogen-bond donors (Lipinski definition) is 0. The second-order valence-electron chi connectivity index (χ2n) is 3.27. The zero-order valence-corrected chi connectivity index (χ0v) is 11.9. The molecule has 0 aliphatic rings. The summed E-state index contributed by atoms with van der Waals surface area (Å²) in [6.07, 6.45) is 3.39. The van der Waals surface area contributed by atoms with E-state index < -0.39 is 0 Å². The fourth-order valence-corrected chi connectivity index (χ4v) is 1.91. The predicted octanol–water partition coefficient (Wildman–Crippen LogP) is 2.94. The summed E-state index contributed by atoms with van der Waals surface area (Å²) < 4.78 is 5.91. The van der Waals surface area contributed by atoms with Gasteiger partial charge in [-0.1, -0.05) is 11.6 Å². The molecule has 4 nitrogen and oxygen atoms in total. The van der Waals surface area contributed by atoms with E-state index >= 15 is 0 Å². The molecule has 2 heterocycles. The second kappa shape index (κ2) is 5.70. The van der Waals surface area contributed by atoms with Gasteiger partial charge in [-0.25, -0.2) is 9.97 Å².